The number of halogens is 1. The van der Waals surface area contributed by atoms with Gasteiger partial charge in [-0.15, -0.1) is 0 Å². The van der Waals surface area contributed by atoms with Crippen LogP contribution in [0.3, 0.4) is 0 Å². The molecular formula is C2H3FPd. The van der Waals surface area contributed by atoms with E-state index in [1.807, 2.05) is 0 Å². The third-order valence-electron chi connectivity index (χ3n) is 0. The average Bonchev–Trinajstić information content (AvgIpc) is 0.918. The number of hydrogen-bond donors (Lipinski definition) is 0. The van der Waals surface area contributed by atoms with Crippen LogP contribution >= 0.6 is 0 Å². The van der Waals surface area contributed by atoms with E-state index in [2.05, 4.69) is 6.58 Å². The molecule has 0 atom stereocenters. The van der Waals surface area contributed by atoms with Crippen LogP contribution in [-0.4, -0.2) is 0 Å². The maximum atomic E-state index is 10.1. The zero-order valence-corrected chi connectivity index (χ0v) is 3.53. The molecule has 28 valence electrons. The maximum absolute atomic E-state index is 10.1. The Morgan fingerprint density at radius 2 is 1.75 bits per heavy atom. The van der Waals surface area contributed by atoms with Crippen LogP contribution in [0.15, 0.2) is 12.9 Å². The first-order valence-electron chi connectivity index (χ1n) is 0.626. The molecule has 0 amide bonds. The summed E-state index contributed by atoms with van der Waals surface area (Å²) in [5.41, 5.74) is 0. The van der Waals surface area contributed by atoms with Crippen LogP contribution in [0.1, 0.15) is 0 Å². The number of rotatable bonds is 0. The summed E-state index contributed by atoms with van der Waals surface area (Å²) in [7, 11) is 0. The third kappa shape index (κ3) is 37.5. The van der Waals surface area contributed by atoms with E-state index >= 15 is 0 Å². The van der Waals surface area contributed by atoms with Gasteiger partial charge in [-0.2, -0.15) is 0 Å². The largest absolute Gasteiger partial charge is 0.216 e. The van der Waals surface area contributed by atoms with E-state index < -0.39 is 0 Å². The second kappa shape index (κ2) is 10.2. The van der Waals surface area contributed by atoms with Crippen LogP contribution in [0, 0.1) is 0 Å². The van der Waals surface area contributed by atoms with Gasteiger partial charge in [-0.1, -0.05) is 6.58 Å². The van der Waals surface area contributed by atoms with E-state index in [9.17, 15) is 4.39 Å². The van der Waals surface area contributed by atoms with Crippen molar-refractivity contribution in [1.29, 1.82) is 0 Å². The van der Waals surface area contributed by atoms with Gasteiger partial charge in [-0.3, -0.25) is 0 Å². The minimum absolute atomic E-state index is 0. The fraction of sp³-hybridized carbons (Fsp3) is 0. The van der Waals surface area contributed by atoms with Gasteiger partial charge in [0.1, 0.15) is 0 Å². The summed E-state index contributed by atoms with van der Waals surface area (Å²) in [6.45, 7) is 2.69. The minimum Gasteiger partial charge on any atom is -0.216 e. The van der Waals surface area contributed by atoms with Gasteiger partial charge in [0.15, 0.2) is 0 Å². The van der Waals surface area contributed by atoms with Gasteiger partial charge in [-0.25, -0.2) is 4.39 Å². The second-order valence-corrected chi connectivity index (χ2v) is 0.154. The Hall–Kier alpha value is 0.332. The van der Waals surface area contributed by atoms with Crippen molar-refractivity contribution >= 4 is 0 Å². The maximum Gasteiger partial charge on any atom is 0.0795 e. The standard InChI is InChI=1S/C2H3F.Pd/c1-2-3;/h2H,1H2;. The minimum atomic E-state index is 0. The fourth-order valence-electron chi connectivity index (χ4n) is 0. The first-order valence-corrected chi connectivity index (χ1v) is 0.626. The molecule has 0 aromatic carbocycles. The van der Waals surface area contributed by atoms with Gasteiger partial charge >= 0.3 is 0 Å². The van der Waals surface area contributed by atoms with E-state index in [1.54, 1.807) is 0 Å². The molecule has 0 aliphatic heterocycles. The first-order chi connectivity index (χ1) is 1.41. The van der Waals surface area contributed by atoms with Crippen molar-refractivity contribution in [3.05, 3.63) is 12.9 Å². The predicted octanol–water partition coefficient (Wildman–Crippen LogP) is 1.10. The average molecular weight is 152 g/mol. The fourth-order valence-corrected chi connectivity index (χ4v) is 0. The molecule has 2 heteroatoms. The van der Waals surface area contributed by atoms with E-state index in [4.69, 9.17) is 0 Å². The van der Waals surface area contributed by atoms with E-state index in [0.717, 1.165) is 0 Å². The Labute approximate surface area is 38.4 Å². The summed E-state index contributed by atoms with van der Waals surface area (Å²) in [5.74, 6) is 0. The van der Waals surface area contributed by atoms with Gasteiger partial charge < -0.3 is 0 Å². The molecule has 0 aliphatic rings. The van der Waals surface area contributed by atoms with Crippen LogP contribution < -0.4 is 0 Å². The molecule has 0 unspecified atom stereocenters. The topological polar surface area (TPSA) is 0 Å². The molecule has 0 bridgehead atoms. The smallest absolute Gasteiger partial charge is 0.0795 e. The van der Waals surface area contributed by atoms with Crippen LogP contribution in [0.4, 0.5) is 4.39 Å². The molecule has 0 N–H and O–H groups in total. The van der Waals surface area contributed by atoms with Crippen molar-refractivity contribution in [3.63, 3.8) is 0 Å². The number of hydrogen-bond acceptors (Lipinski definition) is 0. The van der Waals surface area contributed by atoms with Crippen LogP contribution in [0.2, 0.25) is 0 Å². The predicted molar refractivity (Wildman–Crippen MR) is 11.3 cm³/mol. The zero-order valence-electron chi connectivity index (χ0n) is 1.98. The molecule has 0 radical (unpaired) electrons. The first kappa shape index (κ1) is 8.84. The zero-order chi connectivity index (χ0) is 2.71. The molecule has 0 aliphatic carbocycles. The Kier molecular flexibility index (Phi) is 22.6. The summed E-state index contributed by atoms with van der Waals surface area (Å²) in [6.07, 6.45) is 0.250. The summed E-state index contributed by atoms with van der Waals surface area (Å²) >= 11 is 0. The van der Waals surface area contributed by atoms with Crippen LogP contribution in [-0.2, 0) is 20.4 Å². The Morgan fingerprint density at radius 3 is 1.75 bits per heavy atom. The molecule has 0 saturated heterocycles. The summed E-state index contributed by atoms with van der Waals surface area (Å²) in [6, 6.07) is 0. The Bertz CT molecular complexity index is 13.5. The molecule has 0 aromatic rings. The summed E-state index contributed by atoms with van der Waals surface area (Å²) in [4.78, 5) is 0. The monoisotopic (exact) mass is 152 g/mol. The molecule has 0 saturated carbocycles. The SMILES string of the molecule is C=CF.[Pd]. The van der Waals surface area contributed by atoms with Crippen molar-refractivity contribution in [3.8, 4) is 0 Å². The normalized spacial score (nSPS) is 3.25. The molecule has 0 rings (SSSR count). The molecule has 0 spiro atoms. The van der Waals surface area contributed by atoms with Crippen molar-refractivity contribution in [2.24, 2.45) is 0 Å². The molecule has 4 heavy (non-hydrogen) atoms. The van der Waals surface area contributed by atoms with E-state index in [1.165, 1.54) is 0 Å². The Morgan fingerprint density at radius 1 is 1.75 bits per heavy atom. The van der Waals surface area contributed by atoms with Gasteiger partial charge in [-0.05, 0) is 0 Å². The van der Waals surface area contributed by atoms with Crippen molar-refractivity contribution < 1.29 is 24.8 Å². The van der Waals surface area contributed by atoms with E-state index in [-0.39, 0.29) is 26.8 Å². The van der Waals surface area contributed by atoms with Gasteiger partial charge in [0.05, 0.1) is 6.33 Å². The molecule has 0 nitrogen and oxygen atoms in total. The molecule has 0 aromatic heterocycles. The third-order valence-corrected chi connectivity index (χ3v) is 0. The van der Waals surface area contributed by atoms with E-state index in [0.29, 0.717) is 0 Å². The molecular weight excluding hydrogens is 149 g/mol. The van der Waals surface area contributed by atoms with Gasteiger partial charge in [0.2, 0.25) is 0 Å². The Balaban J connectivity index is 0. The second-order valence-electron chi connectivity index (χ2n) is 0.154. The molecule has 0 heterocycles. The van der Waals surface area contributed by atoms with Gasteiger partial charge in [0, 0.05) is 20.4 Å². The summed E-state index contributed by atoms with van der Waals surface area (Å²) < 4.78 is 10.1. The molecule has 0 fully saturated rings. The summed E-state index contributed by atoms with van der Waals surface area (Å²) in [5, 5.41) is 0. The van der Waals surface area contributed by atoms with Crippen LogP contribution in [0.25, 0.3) is 0 Å². The van der Waals surface area contributed by atoms with Gasteiger partial charge in [0.25, 0.3) is 0 Å². The van der Waals surface area contributed by atoms with Crippen LogP contribution in [0.5, 0.6) is 0 Å². The quantitative estimate of drug-likeness (QED) is 0.456. The van der Waals surface area contributed by atoms with Crippen molar-refractivity contribution in [2.75, 3.05) is 0 Å². The van der Waals surface area contributed by atoms with Crippen molar-refractivity contribution in [2.45, 2.75) is 0 Å². The van der Waals surface area contributed by atoms with Crippen molar-refractivity contribution in [1.82, 2.24) is 0 Å².